The lowest BCUT2D eigenvalue weighted by molar-refractivity contribution is -0.156. The van der Waals surface area contributed by atoms with Gasteiger partial charge in [0.2, 0.25) is 5.91 Å². The number of hydrogen-bond donors (Lipinski definition) is 1. The van der Waals surface area contributed by atoms with E-state index in [-0.39, 0.29) is 11.2 Å². The SMILES string of the molecule is CC(=O)N(C)C1(C(=O)O)CCSC1C. The lowest BCUT2D eigenvalue weighted by Gasteiger charge is -2.37. The van der Waals surface area contributed by atoms with Crippen LogP contribution in [0.5, 0.6) is 0 Å². The highest BCUT2D eigenvalue weighted by atomic mass is 32.2. The minimum Gasteiger partial charge on any atom is -0.479 e. The van der Waals surface area contributed by atoms with Gasteiger partial charge < -0.3 is 10.0 Å². The molecular weight excluding hydrogens is 202 g/mol. The quantitative estimate of drug-likeness (QED) is 0.743. The predicted octanol–water partition coefficient (Wildman–Crippen LogP) is 0.813. The summed E-state index contributed by atoms with van der Waals surface area (Å²) in [5.41, 5.74) is -1.00. The lowest BCUT2D eigenvalue weighted by atomic mass is 9.91. The molecule has 0 bridgehead atoms. The van der Waals surface area contributed by atoms with E-state index in [0.717, 1.165) is 5.75 Å². The summed E-state index contributed by atoms with van der Waals surface area (Å²) < 4.78 is 0. The third-order valence-electron chi connectivity index (χ3n) is 2.96. The molecule has 1 fully saturated rings. The summed E-state index contributed by atoms with van der Waals surface area (Å²) in [6, 6.07) is 0. The number of nitrogens with zero attached hydrogens (tertiary/aromatic N) is 1. The van der Waals surface area contributed by atoms with Crippen LogP contribution in [0.3, 0.4) is 0 Å². The van der Waals surface area contributed by atoms with E-state index in [2.05, 4.69) is 0 Å². The fraction of sp³-hybridized carbons (Fsp3) is 0.778. The van der Waals surface area contributed by atoms with Gasteiger partial charge in [-0.05, 0) is 12.2 Å². The van der Waals surface area contributed by atoms with Crippen LogP contribution < -0.4 is 0 Å². The minimum absolute atomic E-state index is 0.0473. The molecule has 2 atom stereocenters. The predicted molar refractivity (Wildman–Crippen MR) is 55.3 cm³/mol. The Balaban J connectivity index is 3.04. The van der Waals surface area contributed by atoms with E-state index >= 15 is 0 Å². The Bertz CT molecular complexity index is 269. The number of rotatable bonds is 2. The van der Waals surface area contributed by atoms with Gasteiger partial charge >= 0.3 is 5.97 Å². The number of hydrogen-bond acceptors (Lipinski definition) is 3. The molecule has 5 heteroatoms. The van der Waals surface area contributed by atoms with E-state index in [1.807, 2.05) is 6.92 Å². The number of thioether (sulfide) groups is 1. The third kappa shape index (κ3) is 1.49. The zero-order valence-corrected chi connectivity index (χ0v) is 9.43. The maximum Gasteiger partial charge on any atom is 0.330 e. The third-order valence-corrected chi connectivity index (χ3v) is 4.29. The van der Waals surface area contributed by atoms with Gasteiger partial charge in [-0.1, -0.05) is 6.92 Å². The lowest BCUT2D eigenvalue weighted by Crippen LogP contribution is -2.58. The summed E-state index contributed by atoms with van der Waals surface area (Å²) in [5, 5.41) is 9.20. The van der Waals surface area contributed by atoms with Crippen molar-refractivity contribution in [2.24, 2.45) is 0 Å². The van der Waals surface area contributed by atoms with Crippen LogP contribution in [0.15, 0.2) is 0 Å². The molecule has 14 heavy (non-hydrogen) atoms. The highest BCUT2D eigenvalue weighted by molar-refractivity contribution is 8.00. The molecule has 0 aliphatic carbocycles. The van der Waals surface area contributed by atoms with E-state index in [1.165, 1.54) is 11.8 Å². The number of amides is 1. The molecule has 80 valence electrons. The molecule has 0 saturated carbocycles. The van der Waals surface area contributed by atoms with Crippen LogP contribution in [0.2, 0.25) is 0 Å². The van der Waals surface area contributed by atoms with Crippen molar-refractivity contribution in [3.63, 3.8) is 0 Å². The van der Waals surface area contributed by atoms with Gasteiger partial charge in [-0.25, -0.2) is 4.79 Å². The first-order chi connectivity index (χ1) is 6.43. The average Bonchev–Trinajstić information content (AvgIpc) is 2.46. The molecule has 0 radical (unpaired) electrons. The monoisotopic (exact) mass is 217 g/mol. The zero-order chi connectivity index (χ0) is 10.9. The molecule has 1 aliphatic rings. The highest BCUT2D eigenvalue weighted by Gasteiger charge is 2.51. The molecule has 0 aromatic rings. The molecule has 1 rings (SSSR count). The first-order valence-electron chi connectivity index (χ1n) is 4.52. The van der Waals surface area contributed by atoms with E-state index in [4.69, 9.17) is 0 Å². The van der Waals surface area contributed by atoms with E-state index in [9.17, 15) is 14.7 Å². The highest BCUT2D eigenvalue weighted by Crippen LogP contribution is 2.39. The Morgan fingerprint density at radius 3 is 2.43 bits per heavy atom. The zero-order valence-electron chi connectivity index (χ0n) is 8.61. The first kappa shape index (κ1) is 11.4. The number of likely N-dealkylation sites (N-methyl/N-ethyl adjacent to an activating group) is 1. The van der Waals surface area contributed by atoms with Crippen LogP contribution in [0.25, 0.3) is 0 Å². The van der Waals surface area contributed by atoms with Crippen molar-refractivity contribution >= 4 is 23.6 Å². The van der Waals surface area contributed by atoms with Crippen molar-refractivity contribution in [1.82, 2.24) is 4.90 Å². The molecule has 1 heterocycles. The molecule has 1 amide bonds. The smallest absolute Gasteiger partial charge is 0.330 e. The fourth-order valence-electron chi connectivity index (χ4n) is 1.88. The van der Waals surface area contributed by atoms with Gasteiger partial charge in [0.25, 0.3) is 0 Å². The van der Waals surface area contributed by atoms with Crippen LogP contribution in [-0.4, -0.2) is 45.5 Å². The van der Waals surface area contributed by atoms with Gasteiger partial charge in [0.05, 0.1) is 0 Å². The van der Waals surface area contributed by atoms with Crippen molar-refractivity contribution in [1.29, 1.82) is 0 Å². The minimum atomic E-state index is -1.00. The van der Waals surface area contributed by atoms with Crippen molar-refractivity contribution in [3.8, 4) is 0 Å². The van der Waals surface area contributed by atoms with Gasteiger partial charge in [0.15, 0.2) is 5.54 Å². The van der Waals surface area contributed by atoms with Gasteiger partial charge in [0.1, 0.15) is 0 Å². The van der Waals surface area contributed by atoms with Crippen LogP contribution in [0.1, 0.15) is 20.3 Å². The number of carboxylic acid groups (broad SMARTS) is 1. The van der Waals surface area contributed by atoms with Crippen molar-refractivity contribution in [3.05, 3.63) is 0 Å². The molecule has 0 aromatic heterocycles. The Morgan fingerprint density at radius 2 is 2.14 bits per heavy atom. The first-order valence-corrected chi connectivity index (χ1v) is 5.57. The molecule has 4 nitrogen and oxygen atoms in total. The van der Waals surface area contributed by atoms with Gasteiger partial charge in [-0.3, -0.25) is 4.79 Å². The molecule has 2 unspecified atom stereocenters. The van der Waals surface area contributed by atoms with Gasteiger partial charge in [-0.15, -0.1) is 0 Å². The Kier molecular flexibility index (Phi) is 3.09. The van der Waals surface area contributed by atoms with Crippen molar-refractivity contribution < 1.29 is 14.7 Å². The Hall–Kier alpha value is -0.710. The molecule has 0 aromatic carbocycles. The summed E-state index contributed by atoms with van der Waals surface area (Å²) in [6.45, 7) is 3.27. The van der Waals surface area contributed by atoms with Crippen LogP contribution in [0, 0.1) is 0 Å². The summed E-state index contributed by atoms with van der Waals surface area (Å²) in [4.78, 5) is 23.9. The second-order valence-electron chi connectivity index (χ2n) is 3.57. The molecule has 1 aliphatic heterocycles. The van der Waals surface area contributed by atoms with Gasteiger partial charge in [0, 0.05) is 19.2 Å². The van der Waals surface area contributed by atoms with E-state index < -0.39 is 11.5 Å². The van der Waals surface area contributed by atoms with Gasteiger partial charge in [-0.2, -0.15) is 11.8 Å². The standard InChI is InChI=1S/C9H15NO3S/c1-6-9(8(12)13,4-5-14-6)10(3)7(2)11/h6H,4-5H2,1-3H3,(H,12,13). The summed E-state index contributed by atoms with van der Waals surface area (Å²) in [5.74, 6) is -0.292. The summed E-state index contributed by atoms with van der Waals surface area (Å²) in [7, 11) is 1.57. The maximum atomic E-state index is 11.3. The maximum absolute atomic E-state index is 11.3. The Morgan fingerprint density at radius 1 is 1.57 bits per heavy atom. The number of aliphatic carboxylic acids is 1. The molecular formula is C9H15NO3S. The second kappa shape index (κ2) is 3.81. The number of carbonyl (C=O) groups is 2. The average molecular weight is 217 g/mol. The topological polar surface area (TPSA) is 57.6 Å². The molecule has 0 spiro atoms. The fourth-order valence-corrected chi connectivity index (χ4v) is 3.31. The summed E-state index contributed by atoms with van der Waals surface area (Å²) in [6.07, 6.45) is 0.532. The number of carboxylic acids is 1. The largest absolute Gasteiger partial charge is 0.479 e. The van der Waals surface area contributed by atoms with E-state index in [1.54, 1.807) is 18.8 Å². The van der Waals surface area contributed by atoms with Crippen molar-refractivity contribution in [2.75, 3.05) is 12.8 Å². The van der Waals surface area contributed by atoms with E-state index in [0.29, 0.717) is 6.42 Å². The molecule has 1 N–H and O–H groups in total. The summed E-state index contributed by atoms with van der Waals surface area (Å²) >= 11 is 1.60. The number of carbonyl (C=O) groups excluding carboxylic acids is 1. The Labute approximate surface area is 87.7 Å². The van der Waals surface area contributed by atoms with Crippen LogP contribution >= 0.6 is 11.8 Å². The van der Waals surface area contributed by atoms with Crippen LogP contribution in [0.4, 0.5) is 0 Å². The second-order valence-corrected chi connectivity index (χ2v) is 5.02. The normalized spacial score (nSPS) is 31.5. The van der Waals surface area contributed by atoms with Crippen molar-refractivity contribution in [2.45, 2.75) is 31.1 Å². The van der Waals surface area contributed by atoms with Crippen LogP contribution in [-0.2, 0) is 9.59 Å². The molecule has 1 saturated heterocycles.